The third-order valence-corrected chi connectivity index (χ3v) is 9.03. The quantitative estimate of drug-likeness (QED) is 0.294. The Morgan fingerprint density at radius 1 is 1.17 bits per heavy atom. The van der Waals surface area contributed by atoms with Gasteiger partial charge in [-0.3, -0.25) is 19.3 Å². The van der Waals surface area contributed by atoms with E-state index >= 15 is 4.39 Å². The number of carbonyl (C=O) groups is 3. The number of phenols is 1. The number of hydrogen-bond donors (Lipinski definition) is 6. The van der Waals surface area contributed by atoms with Crippen molar-refractivity contribution >= 4 is 17.5 Å². The smallest absolute Gasteiger partial charge is 0.255 e. The zero-order valence-electron chi connectivity index (χ0n) is 19.4. The Hall–Kier alpha value is -3.28. The molecule has 4 aliphatic carbocycles. The van der Waals surface area contributed by atoms with Crippen molar-refractivity contribution in [3.05, 3.63) is 50.7 Å². The van der Waals surface area contributed by atoms with E-state index < -0.39 is 63.9 Å². The van der Waals surface area contributed by atoms with Gasteiger partial charge in [0.2, 0.25) is 5.78 Å². The first-order valence-corrected chi connectivity index (χ1v) is 11.9. The van der Waals surface area contributed by atoms with E-state index in [4.69, 9.17) is 11.5 Å². The highest BCUT2D eigenvalue weighted by Gasteiger charge is 2.62. The van der Waals surface area contributed by atoms with Crippen molar-refractivity contribution in [2.24, 2.45) is 29.2 Å². The average Bonchev–Trinajstić information content (AvgIpc) is 3.38. The minimum atomic E-state index is -2.78. The number of nitrogens with two attached hydrogens (primary N) is 2. The van der Waals surface area contributed by atoms with Crippen molar-refractivity contribution in [1.82, 2.24) is 4.90 Å². The van der Waals surface area contributed by atoms with Crippen LogP contribution < -0.4 is 11.5 Å². The average molecular weight is 499 g/mol. The maximum Gasteiger partial charge on any atom is 0.255 e. The van der Waals surface area contributed by atoms with Crippen molar-refractivity contribution in [3.63, 3.8) is 0 Å². The zero-order valence-corrected chi connectivity index (χ0v) is 19.4. The van der Waals surface area contributed by atoms with Crippen LogP contribution in [0.1, 0.15) is 45.9 Å². The van der Waals surface area contributed by atoms with Crippen LogP contribution in [0.15, 0.2) is 22.7 Å². The van der Waals surface area contributed by atoms with E-state index in [-0.39, 0.29) is 47.3 Å². The number of aromatic hydroxyl groups is 1. The van der Waals surface area contributed by atoms with Crippen LogP contribution >= 0.6 is 0 Å². The fourth-order valence-electron chi connectivity index (χ4n) is 7.35. The number of carbonyl (C=O) groups excluding carboxylic acids is 3. The number of amides is 1. The number of phenolic OH excluding ortho intramolecular Hbond substituents is 1. The number of likely N-dealkylation sites (tertiary alicyclic amines) is 1. The molecule has 8 N–H and O–H groups in total. The van der Waals surface area contributed by atoms with Gasteiger partial charge in [0.25, 0.3) is 5.91 Å². The van der Waals surface area contributed by atoms with E-state index in [9.17, 15) is 34.8 Å². The lowest BCUT2D eigenvalue weighted by Crippen LogP contribution is -2.63. The number of aliphatic hydroxyl groups excluding tert-OH is 2. The Kier molecular flexibility index (Phi) is 4.59. The summed E-state index contributed by atoms with van der Waals surface area (Å²) in [5.41, 5.74) is 7.71. The number of Topliss-reactive ketones (excluding diaryl/α,β-unsaturated/α-hetero) is 2. The number of allylic oxidation sites excluding steroid dienone is 1. The number of rotatable bonds is 1. The van der Waals surface area contributed by atoms with Gasteiger partial charge in [0.1, 0.15) is 28.7 Å². The molecule has 1 heterocycles. The van der Waals surface area contributed by atoms with E-state index in [0.29, 0.717) is 17.5 Å². The second-order valence-corrected chi connectivity index (χ2v) is 10.7. The number of primary amides is 1. The van der Waals surface area contributed by atoms with Gasteiger partial charge in [-0.25, -0.2) is 4.39 Å². The summed E-state index contributed by atoms with van der Waals surface area (Å²) in [5.74, 6) is -8.35. The first-order chi connectivity index (χ1) is 16.9. The number of fused-ring (bicyclic) bond motifs is 6. The van der Waals surface area contributed by atoms with Gasteiger partial charge in [0.15, 0.2) is 11.4 Å². The van der Waals surface area contributed by atoms with Crippen molar-refractivity contribution < 1.29 is 39.2 Å². The maximum atomic E-state index is 16.0. The molecule has 10 nitrogen and oxygen atoms in total. The molecule has 0 spiro atoms. The monoisotopic (exact) mass is 499 g/mol. The highest BCUT2D eigenvalue weighted by atomic mass is 19.1. The molecule has 11 heteroatoms. The van der Waals surface area contributed by atoms with E-state index in [2.05, 4.69) is 0 Å². The van der Waals surface area contributed by atoms with Gasteiger partial charge in [-0.2, -0.15) is 0 Å². The molecule has 1 amide bonds. The van der Waals surface area contributed by atoms with Crippen LogP contribution in [0.3, 0.4) is 0 Å². The van der Waals surface area contributed by atoms with Crippen LogP contribution in [0.2, 0.25) is 0 Å². The Morgan fingerprint density at radius 3 is 2.53 bits per heavy atom. The Bertz CT molecular complexity index is 1370. The summed E-state index contributed by atoms with van der Waals surface area (Å²) in [7, 11) is 1.89. The van der Waals surface area contributed by atoms with Crippen LogP contribution in [-0.2, 0) is 22.4 Å². The van der Waals surface area contributed by atoms with Crippen LogP contribution in [0.5, 0.6) is 5.75 Å². The highest BCUT2D eigenvalue weighted by Crippen LogP contribution is 2.55. The maximum absolute atomic E-state index is 16.0. The molecule has 2 unspecified atom stereocenters. The topological polar surface area (TPSA) is 187 Å². The number of ketones is 2. The first-order valence-electron chi connectivity index (χ1n) is 11.9. The SMILES string of the molecule is CN1CCC2Cc3c(O)c4c(c(F)c3C21)C[C@H]1C[C@H]2[C@H](N)C(O)=C(C(N)=O)C(=O)[C@@]2(O)C(O)=C1C4=O. The van der Waals surface area contributed by atoms with Crippen molar-refractivity contribution in [3.8, 4) is 5.75 Å². The molecule has 1 aromatic carbocycles. The molecule has 6 atom stereocenters. The van der Waals surface area contributed by atoms with Crippen molar-refractivity contribution in [2.45, 2.75) is 43.4 Å². The molecule has 36 heavy (non-hydrogen) atoms. The third kappa shape index (κ3) is 2.52. The summed E-state index contributed by atoms with van der Waals surface area (Å²) >= 11 is 0. The van der Waals surface area contributed by atoms with E-state index in [1.807, 2.05) is 11.9 Å². The number of hydrogen-bond acceptors (Lipinski definition) is 9. The molecule has 0 aromatic heterocycles. The summed E-state index contributed by atoms with van der Waals surface area (Å²) in [6.45, 7) is 0.796. The lowest BCUT2D eigenvalue weighted by molar-refractivity contribution is -0.145. The van der Waals surface area contributed by atoms with Gasteiger partial charge in [0, 0.05) is 34.2 Å². The van der Waals surface area contributed by atoms with Crippen LogP contribution in [0.25, 0.3) is 0 Å². The number of benzene rings is 1. The first kappa shape index (κ1) is 23.1. The number of nitrogens with zero attached hydrogens (tertiary/aromatic N) is 1. The van der Waals surface area contributed by atoms with Crippen LogP contribution in [-0.4, -0.2) is 68.0 Å². The van der Waals surface area contributed by atoms with Crippen molar-refractivity contribution in [2.75, 3.05) is 13.6 Å². The molecular weight excluding hydrogens is 473 g/mol. The predicted molar refractivity (Wildman–Crippen MR) is 121 cm³/mol. The normalized spacial score (nSPS) is 35.4. The van der Waals surface area contributed by atoms with E-state index in [0.717, 1.165) is 13.0 Å². The molecule has 1 saturated heterocycles. The Balaban J connectivity index is 1.54. The summed E-state index contributed by atoms with van der Waals surface area (Å²) in [5, 5.41) is 44.0. The van der Waals surface area contributed by atoms with Gasteiger partial charge in [-0.05, 0) is 51.1 Å². The zero-order chi connectivity index (χ0) is 26.0. The number of aliphatic hydroxyl groups is 3. The summed E-state index contributed by atoms with van der Waals surface area (Å²) < 4.78 is 16.0. The predicted octanol–water partition coefficient (Wildman–Crippen LogP) is 0.206. The largest absolute Gasteiger partial charge is 0.510 e. The third-order valence-electron chi connectivity index (χ3n) is 9.03. The lowest BCUT2D eigenvalue weighted by atomic mass is 9.59. The van der Waals surface area contributed by atoms with Gasteiger partial charge in [0.05, 0.1) is 11.6 Å². The van der Waals surface area contributed by atoms with Crippen molar-refractivity contribution in [1.29, 1.82) is 0 Å². The van der Waals surface area contributed by atoms with Gasteiger partial charge < -0.3 is 31.9 Å². The summed E-state index contributed by atoms with van der Waals surface area (Å²) in [4.78, 5) is 40.6. The Labute approximate surface area is 204 Å². The molecule has 1 aromatic rings. The molecule has 1 aliphatic heterocycles. The fraction of sp³-hybridized carbons (Fsp3) is 0.480. The fourth-order valence-corrected chi connectivity index (χ4v) is 7.35. The van der Waals surface area contributed by atoms with E-state index in [1.165, 1.54) is 0 Å². The number of halogens is 1. The van der Waals surface area contributed by atoms with Crippen LogP contribution in [0, 0.1) is 23.6 Å². The van der Waals surface area contributed by atoms with Gasteiger partial charge in [-0.15, -0.1) is 0 Å². The molecule has 6 rings (SSSR count). The lowest BCUT2D eigenvalue weighted by Gasteiger charge is -2.47. The minimum Gasteiger partial charge on any atom is -0.510 e. The standard InChI is InChI=1S/C25H26FN3O7/c1-29-3-2-7-4-10-13(18(7)29)16(26)9-5-8-6-11-17(27)21(32)15(24(28)35)23(34)25(11,36)22(33)12(8)20(31)14(9)19(10)30/h7-8,11,17-18,30,32-33,36H,2-6,27H2,1H3,(H2,28,35)/t7?,8-,11-,17-,18?,25-/m0/s1. The Morgan fingerprint density at radius 2 is 1.86 bits per heavy atom. The summed E-state index contributed by atoms with van der Waals surface area (Å²) in [6, 6.07) is -1.65. The molecule has 1 fully saturated rings. The van der Waals surface area contributed by atoms with E-state index in [1.54, 1.807) is 0 Å². The second kappa shape index (κ2) is 7.15. The van der Waals surface area contributed by atoms with Crippen LogP contribution in [0.4, 0.5) is 4.39 Å². The second-order valence-electron chi connectivity index (χ2n) is 10.7. The molecule has 5 aliphatic rings. The van der Waals surface area contributed by atoms with Gasteiger partial charge in [-0.1, -0.05) is 0 Å². The summed E-state index contributed by atoms with van der Waals surface area (Å²) in [6.07, 6.45) is 0.991. The molecule has 0 saturated carbocycles. The molecule has 190 valence electrons. The molecular formula is C25H26FN3O7. The highest BCUT2D eigenvalue weighted by molar-refractivity contribution is 6.24. The molecule has 0 bridgehead atoms. The van der Waals surface area contributed by atoms with Gasteiger partial charge >= 0.3 is 0 Å². The minimum absolute atomic E-state index is 0.0255. The molecule has 0 radical (unpaired) electrons.